The highest BCUT2D eigenvalue weighted by atomic mass is 79.9. The van der Waals surface area contributed by atoms with E-state index >= 15 is 0 Å². The first-order valence-electron chi connectivity index (χ1n) is 5.68. The van der Waals surface area contributed by atoms with Crippen LogP contribution in [0.1, 0.15) is 5.56 Å². The Morgan fingerprint density at radius 1 is 1.16 bits per heavy atom. The summed E-state index contributed by atoms with van der Waals surface area (Å²) >= 11 is 5.04. The van der Waals surface area contributed by atoms with E-state index in [1.807, 2.05) is 30.3 Å². The fourth-order valence-electron chi connectivity index (χ4n) is 1.59. The first kappa shape index (κ1) is 14.2. The van der Waals surface area contributed by atoms with Crippen LogP contribution in [0.4, 0.5) is 0 Å². The van der Waals surface area contributed by atoms with Crippen LogP contribution in [0.3, 0.4) is 0 Å². The van der Waals surface area contributed by atoms with Crippen molar-refractivity contribution in [3.05, 3.63) is 46.6 Å². The normalized spacial score (nSPS) is 10.3. The van der Waals surface area contributed by atoms with Crippen LogP contribution in [0.15, 0.2) is 46.0 Å². The van der Waals surface area contributed by atoms with Crippen LogP contribution in [0, 0.1) is 0 Å². The fourth-order valence-corrected chi connectivity index (χ4v) is 2.65. The molecule has 0 radical (unpaired) electrons. The highest BCUT2D eigenvalue weighted by Gasteiger charge is 2.06. The van der Waals surface area contributed by atoms with Crippen molar-refractivity contribution < 1.29 is 9.47 Å². The Kier molecular flexibility index (Phi) is 5.10. The van der Waals surface area contributed by atoms with E-state index in [-0.39, 0.29) is 0 Å². The molecule has 2 aromatic rings. The molecule has 0 amide bonds. The third-order valence-corrected chi connectivity index (χ3v) is 4.03. The Morgan fingerprint density at radius 2 is 2.00 bits per heavy atom. The maximum atomic E-state index is 5.36. The number of thioether (sulfide) groups is 1. The van der Waals surface area contributed by atoms with Gasteiger partial charge in [0.15, 0.2) is 0 Å². The molecule has 2 rings (SSSR count). The Morgan fingerprint density at radius 3 is 2.63 bits per heavy atom. The molecule has 0 fully saturated rings. The molecular formula is C14H14BrNO2S. The molecule has 5 heteroatoms. The van der Waals surface area contributed by atoms with E-state index < -0.39 is 0 Å². The molecule has 100 valence electrons. The average Bonchev–Trinajstić information content (AvgIpc) is 2.46. The summed E-state index contributed by atoms with van der Waals surface area (Å²) in [6.07, 6.45) is 1.80. The quantitative estimate of drug-likeness (QED) is 0.765. The molecule has 0 atom stereocenters. The number of hydrogen-bond donors (Lipinski definition) is 0. The van der Waals surface area contributed by atoms with Gasteiger partial charge in [0.25, 0.3) is 0 Å². The van der Waals surface area contributed by atoms with Crippen molar-refractivity contribution in [3.8, 4) is 11.5 Å². The number of benzene rings is 1. The van der Waals surface area contributed by atoms with Gasteiger partial charge in [-0.3, -0.25) is 0 Å². The van der Waals surface area contributed by atoms with E-state index in [2.05, 4.69) is 20.9 Å². The molecule has 1 aromatic carbocycles. The summed E-state index contributed by atoms with van der Waals surface area (Å²) in [6, 6.07) is 9.78. The molecule has 0 saturated carbocycles. The zero-order valence-corrected chi connectivity index (χ0v) is 13.1. The van der Waals surface area contributed by atoms with E-state index in [1.165, 1.54) is 0 Å². The number of nitrogens with zero attached hydrogens (tertiary/aromatic N) is 1. The van der Waals surface area contributed by atoms with Gasteiger partial charge >= 0.3 is 0 Å². The number of ether oxygens (including phenoxy) is 2. The summed E-state index contributed by atoms with van der Waals surface area (Å²) in [6.45, 7) is 0. The summed E-state index contributed by atoms with van der Waals surface area (Å²) < 4.78 is 11.6. The Hall–Kier alpha value is -1.20. The van der Waals surface area contributed by atoms with Gasteiger partial charge in [-0.2, -0.15) is 0 Å². The molecule has 0 aliphatic carbocycles. The Balaban J connectivity index is 2.11. The number of aromatic nitrogens is 1. The molecule has 0 aliphatic rings. The summed E-state index contributed by atoms with van der Waals surface area (Å²) in [7, 11) is 3.34. The molecule has 0 saturated heterocycles. The predicted octanol–water partition coefficient (Wildman–Crippen LogP) is 4.15. The zero-order chi connectivity index (χ0) is 13.7. The van der Waals surface area contributed by atoms with Gasteiger partial charge in [0, 0.05) is 22.0 Å². The van der Waals surface area contributed by atoms with Gasteiger partial charge < -0.3 is 9.47 Å². The second-order valence-corrected chi connectivity index (χ2v) is 5.69. The minimum absolute atomic E-state index is 0.787. The molecule has 0 spiro atoms. The fraction of sp³-hybridized carbons (Fsp3) is 0.214. The van der Waals surface area contributed by atoms with Crippen LogP contribution < -0.4 is 9.47 Å². The largest absolute Gasteiger partial charge is 0.497 e. The molecular weight excluding hydrogens is 326 g/mol. The van der Waals surface area contributed by atoms with Gasteiger partial charge in [0.05, 0.1) is 19.2 Å². The number of halogens is 1. The smallest absolute Gasteiger partial charge is 0.123 e. The minimum Gasteiger partial charge on any atom is -0.497 e. The van der Waals surface area contributed by atoms with E-state index in [9.17, 15) is 0 Å². The first-order valence-corrected chi connectivity index (χ1v) is 7.46. The zero-order valence-electron chi connectivity index (χ0n) is 10.7. The first-order chi connectivity index (χ1) is 9.22. The van der Waals surface area contributed by atoms with Crippen LogP contribution >= 0.6 is 27.7 Å². The molecule has 1 heterocycles. The van der Waals surface area contributed by atoms with Crippen LogP contribution in [-0.2, 0) is 5.75 Å². The minimum atomic E-state index is 0.787. The lowest BCUT2D eigenvalue weighted by molar-refractivity contribution is 0.400. The van der Waals surface area contributed by atoms with Crippen molar-refractivity contribution >= 4 is 27.7 Å². The lowest BCUT2D eigenvalue weighted by Gasteiger charge is -2.10. The third-order valence-electron chi connectivity index (χ3n) is 2.56. The van der Waals surface area contributed by atoms with E-state index in [0.717, 1.165) is 32.3 Å². The number of rotatable bonds is 5. The standard InChI is InChI=1S/C14H14BrNO2S/c1-17-12-4-5-13(18-2)10(7-12)9-19-14-6-3-11(15)8-16-14/h3-8H,9H2,1-2H3. The van der Waals surface area contributed by atoms with Gasteiger partial charge in [-0.1, -0.05) is 0 Å². The van der Waals surface area contributed by atoms with Gasteiger partial charge in [-0.15, -0.1) is 11.8 Å². The van der Waals surface area contributed by atoms with Gasteiger partial charge in [-0.05, 0) is 46.3 Å². The lowest BCUT2D eigenvalue weighted by atomic mass is 10.2. The molecule has 1 aromatic heterocycles. The van der Waals surface area contributed by atoms with E-state index in [0.29, 0.717) is 0 Å². The monoisotopic (exact) mass is 339 g/mol. The van der Waals surface area contributed by atoms with Gasteiger partial charge in [0.1, 0.15) is 11.5 Å². The molecule has 0 bridgehead atoms. The molecule has 19 heavy (non-hydrogen) atoms. The molecule has 0 aliphatic heterocycles. The van der Waals surface area contributed by atoms with Crippen molar-refractivity contribution in [2.75, 3.05) is 14.2 Å². The maximum absolute atomic E-state index is 5.36. The Bertz CT molecular complexity index is 546. The van der Waals surface area contributed by atoms with Crippen LogP contribution in [0.2, 0.25) is 0 Å². The SMILES string of the molecule is COc1ccc(OC)c(CSc2ccc(Br)cn2)c1. The highest BCUT2D eigenvalue weighted by Crippen LogP contribution is 2.30. The van der Waals surface area contributed by atoms with Crippen LogP contribution in [0.25, 0.3) is 0 Å². The molecule has 3 nitrogen and oxygen atoms in total. The summed E-state index contributed by atoms with van der Waals surface area (Å²) in [5, 5.41) is 0.980. The Labute approximate surface area is 125 Å². The van der Waals surface area contributed by atoms with Crippen molar-refractivity contribution in [1.29, 1.82) is 0 Å². The van der Waals surface area contributed by atoms with Crippen molar-refractivity contribution in [2.45, 2.75) is 10.8 Å². The molecule has 0 N–H and O–H groups in total. The summed E-state index contributed by atoms with van der Waals surface area (Å²) in [5.41, 5.74) is 1.09. The number of methoxy groups -OCH3 is 2. The number of hydrogen-bond acceptors (Lipinski definition) is 4. The maximum Gasteiger partial charge on any atom is 0.123 e. The van der Waals surface area contributed by atoms with Gasteiger partial charge in [0.2, 0.25) is 0 Å². The lowest BCUT2D eigenvalue weighted by Crippen LogP contribution is -1.92. The van der Waals surface area contributed by atoms with Crippen molar-refractivity contribution in [2.24, 2.45) is 0 Å². The van der Waals surface area contributed by atoms with Gasteiger partial charge in [-0.25, -0.2) is 4.98 Å². The highest BCUT2D eigenvalue weighted by molar-refractivity contribution is 9.10. The van der Waals surface area contributed by atoms with Crippen LogP contribution in [0.5, 0.6) is 11.5 Å². The second kappa shape index (κ2) is 6.82. The van der Waals surface area contributed by atoms with Crippen molar-refractivity contribution in [3.63, 3.8) is 0 Å². The third kappa shape index (κ3) is 3.88. The van der Waals surface area contributed by atoms with Crippen LogP contribution in [-0.4, -0.2) is 19.2 Å². The summed E-state index contributed by atoms with van der Waals surface area (Å²) in [5.74, 6) is 2.49. The molecule has 0 unspecified atom stereocenters. The predicted molar refractivity (Wildman–Crippen MR) is 81.0 cm³/mol. The average molecular weight is 340 g/mol. The topological polar surface area (TPSA) is 31.4 Å². The summed E-state index contributed by atoms with van der Waals surface area (Å²) in [4.78, 5) is 4.34. The number of pyridine rings is 1. The van der Waals surface area contributed by atoms with E-state index in [1.54, 1.807) is 32.2 Å². The van der Waals surface area contributed by atoms with E-state index in [4.69, 9.17) is 9.47 Å². The second-order valence-electron chi connectivity index (χ2n) is 3.78. The van der Waals surface area contributed by atoms with Crippen molar-refractivity contribution in [1.82, 2.24) is 4.98 Å².